The van der Waals surface area contributed by atoms with Crippen LogP contribution in [0.2, 0.25) is 5.02 Å². The fourth-order valence-electron chi connectivity index (χ4n) is 5.49. The summed E-state index contributed by atoms with van der Waals surface area (Å²) >= 11 is 6.43. The summed E-state index contributed by atoms with van der Waals surface area (Å²) in [5.41, 5.74) is 1.63. The lowest BCUT2D eigenvalue weighted by atomic mass is 9.78. The van der Waals surface area contributed by atoms with Gasteiger partial charge in [0.25, 0.3) is 0 Å². The van der Waals surface area contributed by atoms with E-state index in [1.807, 2.05) is 24.3 Å². The van der Waals surface area contributed by atoms with Crippen molar-refractivity contribution in [3.05, 3.63) is 64.4 Å². The van der Waals surface area contributed by atoms with Crippen LogP contribution in [0.5, 0.6) is 5.75 Å². The number of piperidine rings is 1. The second-order valence-corrected chi connectivity index (χ2v) is 9.71. The normalized spacial score (nSPS) is 19.2. The first kappa shape index (κ1) is 22.6. The Balaban J connectivity index is 1.57. The molecule has 2 aromatic rings. The van der Waals surface area contributed by atoms with E-state index in [-0.39, 0.29) is 17.0 Å². The van der Waals surface area contributed by atoms with Gasteiger partial charge in [-0.15, -0.1) is 0 Å². The molecule has 1 saturated heterocycles. The van der Waals surface area contributed by atoms with E-state index in [1.54, 1.807) is 18.2 Å². The minimum Gasteiger partial charge on any atom is -0.506 e. The van der Waals surface area contributed by atoms with E-state index in [2.05, 4.69) is 9.80 Å². The molecule has 1 aliphatic carbocycles. The molecule has 168 valence electrons. The number of phenolic OH excluding ortho intramolecular Hbond substituents is 1. The molecule has 2 aromatic carbocycles. The average molecular weight is 445 g/mol. The lowest BCUT2D eigenvalue weighted by molar-refractivity contribution is 0.151. The average Bonchev–Trinajstić information content (AvgIpc) is 3.25. The van der Waals surface area contributed by atoms with Crippen LogP contribution in [0.4, 0.5) is 4.39 Å². The summed E-state index contributed by atoms with van der Waals surface area (Å²) in [6.07, 6.45) is 8.19. The summed E-state index contributed by atoms with van der Waals surface area (Å²) in [6, 6.07) is 12.8. The highest BCUT2D eigenvalue weighted by molar-refractivity contribution is 6.32. The molecule has 0 bridgehead atoms. The number of benzene rings is 2. The molecule has 0 spiro atoms. The van der Waals surface area contributed by atoms with Crippen LogP contribution in [0, 0.1) is 5.82 Å². The van der Waals surface area contributed by atoms with Gasteiger partial charge in [0.15, 0.2) is 0 Å². The number of likely N-dealkylation sites (tertiary alicyclic amines) is 1. The fraction of sp³-hybridized carbons (Fsp3) is 0.538. The van der Waals surface area contributed by atoms with Crippen LogP contribution in [-0.2, 0) is 12.0 Å². The molecule has 2 aliphatic rings. The van der Waals surface area contributed by atoms with E-state index in [0.29, 0.717) is 11.6 Å². The third-order valence-electron chi connectivity index (χ3n) is 7.17. The highest BCUT2D eigenvalue weighted by Crippen LogP contribution is 2.43. The molecule has 1 heterocycles. The molecule has 5 heteroatoms. The first-order valence-corrected chi connectivity index (χ1v) is 12.1. The van der Waals surface area contributed by atoms with Crippen molar-refractivity contribution in [2.24, 2.45) is 0 Å². The van der Waals surface area contributed by atoms with Crippen molar-refractivity contribution in [2.75, 3.05) is 32.7 Å². The Kier molecular flexibility index (Phi) is 7.52. The zero-order valence-corrected chi connectivity index (χ0v) is 19.1. The van der Waals surface area contributed by atoms with Gasteiger partial charge in [0.2, 0.25) is 0 Å². The smallest absolute Gasteiger partial charge is 0.134 e. The van der Waals surface area contributed by atoms with Gasteiger partial charge in [0.05, 0.1) is 5.02 Å². The minimum atomic E-state index is -0.156. The highest BCUT2D eigenvalue weighted by atomic mass is 35.5. The van der Waals surface area contributed by atoms with Gasteiger partial charge in [-0.1, -0.05) is 61.2 Å². The molecule has 0 atom stereocenters. The predicted molar refractivity (Wildman–Crippen MR) is 125 cm³/mol. The van der Waals surface area contributed by atoms with Gasteiger partial charge in [-0.2, -0.15) is 0 Å². The molecular weight excluding hydrogens is 411 g/mol. The van der Waals surface area contributed by atoms with E-state index in [0.717, 1.165) is 56.4 Å². The Morgan fingerprint density at radius 2 is 1.71 bits per heavy atom. The third kappa shape index (κ3) is 5.42. The zero-order chi connectivity index (χ0) is 21.7. The second-order valence-electron chi connectivity index (χ2n) is 9.33. The van der Waals surface area contributed by atoms with Gasteiger partial charge in [-0.25, -0.2) is 4.39 Å². The van der Waals surface area contributed by atoms with Gasteiger partial charge in [0.1, 0.15) is 11.6 Å². The minimum absolute atomic E-state index is 0.0873. The summed E-state index contributed by atoms with van der Waals surface area (Å²) in [5.74, 6) is 0.0376. The van der Waals surface area contributed by atoms with Crippen molar-refractivity contribution in [1.82, 2.24) is 9.80 Å². The van der Waals surface area contributed by atoms with Gasteiger partial charge >= 0.3 is 0 Å². The van der Waals surface area contributed by atoms with E-state index in [9.17, 15) is 9.50 Å². The lowest BCUT2D eigenvalue weighted by Gasteiger charge is -2.38. The fourth-order valence-corrected chi connectivity index (χ4v) is 5.68. The maximum absolute atomic E-state index is 14.9. The Hall–Kier alpha value is -1.62. The number of aromatic hydroxyl groups is 1. The molecule has 4 rings (SSSR count). The van der Waals surface area contributed by atoms with E-state index in [4.69, 9.17) is 11.6 Å². The monoisotopic (exact) mass is 444 g/mol. The van der Waals surface area contributed by atoms with Crippen LogP contribution in [0.3, 0.4) is 0 Å². The van der Waals surface area contributed by atoms with Crippen molar-refractivity contribution in [2.45, 2.75) is 56.9 Å². The molecule has 0 radical (unpaired) electrons. The van der Waals surface area contributed by atoms with E-state index < -0.39 is 0 Å². The molecule has 2 fully saturated rings. The molecule has 0 aromatic heterocycles. The first-order valence-electron chi connectivity index (χ1n) is 11.7. The Labute approximate surface area is 190 Å². The summed E-state index contributed by atoms with van der Waals surface area (Å²) in [7, 11) is 0. The first-order chi connectivity index (χ1) is 15.1. The van der Waals surface area contributed by atoms with Gasteiger partial charge < -0.3 is 10.0 Å². The van der Waals surface area contributed by atoms with Gasteiger partial charge in [-0.3, -0.25) is 4.90 Å². The number of phenols is 1. The molecular formula is C26H34ClFN2O. The molecule has 1 N–H and O–H groups in total. The molecule has 1 aliphatic heterocycles. The predicted octanol–water partition coefficient (Wildman–Crippen LogP) is 5.98. The number of hydrogen-bond donors (Lipinski definition) is 1. The highest BCUT2D eigenvalue weighted by Gasteiger charge is 2.39. The molecule has 0 unspecified atom stereocenters. The molecule has 0 amide bonds. The van der Waals surface area contributed by atoms with Crippen molar-refractivity contribution in [1.29, 1.82) is 0 Å². The van der Waals surface area contributed by atoms with Crippen molar-refractivity contribution in [3.63, 3.8) is 0 Å². The SMILES string of the molecule is Oc1cccc(CN(CCN2CCCCC2)CC2(c3ccccc3F)CCCC2)c1Cl. The summed E-state index contributed by atoms with van der Waals surface area (Å²) in [5, 5.41) is 10.5. The standard InChI is InChI=1S/C26H34ClFN2O/c27-25-21(9-8-12-24(25)31)19-30(18-17-29-15-6-1-7-16-29)20-26(13-4-5-14-26)22-10-2-3-11-23(22)28/h2-3,8-12,31H,1,4-7,13-20H2. The summed E-state index contributed by atoms with van der Waals surface area (Å²) in [6.45, 7) is 5.75. The van der Waals surface area contributed by atoms with E-state index >= 15 is 0 Å². The quantitative estimate of drug-likeness (QED) is 0.542. The molecule has 31 heavy (non-hydrogen) atoms. The van der Waals surface area contributed by atoms with Crippen LogP contribution in [-0.4, -0.2) is 47.6 Å². The van der Waals surface area contributed by atoms with Crippen LogP contribution in [0.1, 0.15) is 56.1 Å². The van der Waals surface area contributed by atoms with Crippen LogP contribution in [0.15, 0.2) is 42.5 Å². The third-order valence-corrected chi connectivity index (χ3v) is 7.60. The Morgan fingerprint density at radius 1 is 0.968 bits per heavy atom. The summed E-state index contributed by atoms with van der Waals surface area (Å²) in [4.78, 5) is 4.98. The van der Waals surface area contributed by atoms with E-state index in [1.165, 1.54) is 32.4 Å². The molecule has 3 nitrogen and oxygen atoms in total. The number of nitrogens with zero attached hydrogens (tertiary/aromatic N) is 2. The maximum atomic E-state index is 14.9. The Bertz CT molecular complexity index is 862. The van der Waals surface area contributed by atoms with Crippen LogP contribution >= 0.6 is 11.6 Å². The molecule has 1 saturated carbocycles. The second kappa shape index (κ2) is 10.3. The number of halogens is 2. The number of hydrogen-bond acceptors (Lipinski definition) is 3. The lowest BCUT2D eigenvalue weighted by Crippen LogP contribution is -2.44. The van der Waals surface area contributed by atoms with Crippen LogP contribution in [0.25, 0.3) is 0 Å². The topological polar surface area (TPSA) is 26.7 Å². The number of rotatable bonds is 8. The summed E-state index contributed by atoms with van der Waals surface area (Å²) < 4.78 is 14.9. The Morgan fingerprint density at radius 3 is 2.45 bits per heavy atom. The maximum Gasteiger partial charge on any atom is 0.134 e. The van der Waals surface area contributed by atoms with Gasteiger partial charge in [-0.05, 0) is 62.0 Å². The van der Waals surface area contributed by atoms with Crippen LogP contribution < -0.4 is 0 Å². The largest absolute Gasteiger partial charge is 0.506 e. The zero-order valence-electron chi connectivity index (χ0n) is 18.3. The van der Waals surface area contributed by atoms with Crippen molar-refractivity contribution >= 4 is 11.6 Å². The van der Waals surface area contributed by atoms with Gasteiger partial charge in [0, 0.05) is 31.6 Å². The van der Waals surface area contributed by atoms with Crippen molar-refractivity contribution in [3.8, 4) is 5.75 Å². The van der Waals surface area contributed by atoms with Crippen molar-refractivity contribution < 1.29 is 9.50 Å².